The zero-order valence-corrected chi connectivity index (χ0v) is 11.0. The summed E-state index contributed by atoms with van der Waals surface area (Å²) in [5.41, 5.74) is 6.77. The molecule has 0 spiro atoms. The molecule has 0 saturated heterocycles. The first-order valence-electron chi connectivity index (χ1n) is 5.76. The molecule has 0 unspecified atom stereocenters. The van der Waals surface area contributed by atoms with Crippen LogP contribution in [0.2, 0.25) is 0 Å². The molecule has 1 aromatic carbocycles. The van der Waals surface area contributed by atoms with Crippen molar-refractivity contribution in [2.75, 3.05) is 20.0 Å². The lowest BCUT2D eigenvalue weighted by atomic mass is 10.0. The van der Waals surface area contributed by atoms with E-state index in [4.69, 9.17) is 15.2 Å². The quantitative estimate of drug-likeness (QED) is 0.901. The number of aromatic nitrogens is 2. The lowest BCUT2D eigenvalue weighted by Crippen LogP contribution is -2.02. The van der Waals surface area contributed by atoms with Crippen LogP contribution in [0.3, 0.4) is 0 Å². The largest absolute Gasteiger partial charge is 0.493 e. The molecule has 0 radical (unpaired) electrons. The van der Waals surface area contributed by atoms with Crippen LogP contribution in [0.5, 0.6) is 11.5 Å². The maximum atomic E-state index is 5.87. The SMILES string of the molecule is COc1cc2c(N)nnc(C(C)C)c2cc1OC. The highest BCUT2D eigenvalue weighted by Gasteiger charge is 2.14. The number of anilines is 1. The fourth-order valence-corrected chi connectivity index (χ4v) is 1.94. The van der Waals surface area contributed by atoms with E-state index in [1.807, 2.05) is 12.1 Å². The minimum absolute atomic E-state index is 0.263. The monoisotopic (exact) mass is 247 g/mol. The Morgan fingerprint density at radius 2 is 1.56 bits per heavy atom. The Labute approximate surface area is 106 Å². The molecule has 0 fully saturated rings. The summed E-state index contributed by atoms with van der Waals surface area (Å²) in [6.45, 7) is 4.13. The third kappa shape index (κ3) is 1.92. The zero-order valence-electron chi connectivity index (χ0n) is 11.0. The fourth-order valence-electron chi connectivity index (χ4n) is 1.94. The second-order valence-electron chi connectivity index (χ2n) is 4.38. The standard InChI is InChI=1S/C13H17N3O2/c1-7(2)12-8-5-10(17-3)11(18-4)6-9(8)13(14)16-15-12/h5-7H,1-4H3,(H2,14,16). The third-order valence-electron chi connectivity index (χ3n) is 2.89. The first-order chi connectivity index (χ1) is 8.58. The van der Waals surface area contributed by atoms with Gasteiger partial charge in [0.05, 0.1) is 19.9 Å². The Kier molecular flexibility index (Phi) is 3.23. The van der Waals surface area contributed by atoms with E-state index in [1.54, 1.807) is 14.2 Å². The lowest BCUT2D eigenvalue weighted by Gasteiger charge is -2.13. The zero-order chi connectivity index (χ0) is 13.3. The number of methoxy groups -OCH3 is 2. The number of fused-ring (bicyclic) bond motifs is 1. The maximum Gasteiger partial charge on any atom is 0.161 e. The molecule has 5 heteroatoms. The molecule has 0 aliphatic heterocycles. The van der Waals surface area contributed by atoms with Crippen LogP contribution in [-0.4, -0.2) is 24.4 Å². The summed E-state index contributed by atoms with van der Waals surface area (Å²) in [5, 5.41) is 9.95. The molecule has 0 saturated carbocycles. The van der Waals surface area contributed by atoms with Crippen LogP contribution in [0.4, 0.5) is 5.82 Å². The number of hydrogen-bond donors (Lipinski definition) is 1. The number of nitrogen functional groups attached to an aromatic ring is 1. The molecule has 96 valence electrons. The van der Waals surface area contributed by atoms with Crippen LogP contribution in [0, 0.1) is 0 Å². The first kappa shape index (κ1) is 12.4. The Morgan fingerprint density at radius 1 is 1.00 bits per heavy atom. The van der Waals surface area contributed by atoms with E-state index in [9.17, 15) is 0 Å². The van der Waals surface area contributed by atoms with E-state index in [0.29, 0.717) is 17.3 Å². The third-order valence-corrected chi connectivity index (χ3v) is 2.89. The molecule has 2 aromatic rings. The Balaban J connectivity index is 2.82. The summed E-state index contributed by atoms with van der Waals surface area (Å²) in [4.78, 5) is 0. The van der Waals surface area contributed by atoms with Gasteiger partial charge in [0.2, 0.25) is 0 Å². The minimum atomic E-state index is 0.263. The van der Waals surface area contributed by atoms with Gasteiger partial charge in [-0.15, -0.1) is 5.10 Å². The van der Waals surface area contributed by atoms with Crippen molar-refractivity contribution >= 4 is 16.6 Å². The fraction of sp³-hybridized carbons (Fsp3) is 0.385. The molecule has 1 heterocycles. The average molecular weight is 247 g/mol. The van der Waals surface area contributed by atoms with Gasteiger partial charge >= 0.3 is 0 Å². The van der Waals surface area contributed by atoms with Crippen LogP contribution in [0.25, 0.3) is 10.8 Å². The van der Waals surface area contributed by atoms with E-state index in [-0.39, 0.29) is 5.92 Å². The van der Waals surface area contributed by atoms with Gasteiger partial charge in [0.15, 0.2) is 17.3 Å². The van der Waals surface area contributed by atoms with Gasteiger partial charge in [-0.3, -0.25) is 0 Å². The second-order valence-corrected chi connectivity index (χ2v) is 4.38. The van der Waals surface area contributed by atoms with Crippen LogP contribution in [-0.2, 0) is 0 Å². The highest BCUT2D eigenvalue weighted by molar-refractivity contribution is 5.95. The maximum absolute atomic E-state index is 5.87. The van der Waals surface area contributed by atoms with Gasteiger partial charge in [0, 0.05) is 10.8 Å². The van der Waals surface area contributed by atoms with Gasteiger partial charge in [-0.1, -0.05) is 13.8 Å². The van der Waals surface area contributed by atoms with Gasteiger partial charge in [0.25, 0.3) is 0 Å². The van der Waals surface area contributed by atoms with Gasteiger partial charge in [0.1, 0.15) is 0 Å². The van der Waals surface area contributed by atoms with Crippen molar-refractivity contribution in [3.63, 3.8) is 0 Å². The molecule has 1 aromatic heterocycles. The predicted octanol–water partition coefficient (Wildman–Crippen LogP) is 2.35. The van der Waals surface area contributed by atoms with Gasteiger partial charge in [-0.2, -0.15) is 5.10 Å². The molecule has 2 N–H and O–H groups in total. The van der Waals surface area contributed by atoms with Crippen molar-refractivity contribution < 1.29 is 9.47 Å². The van der Waals surface area contributed by atoms with Crippen LogP contribution < -0.4 is 15.2 Å². The Bertz CT molecular complexity index is 582. The van der Waals surface area contributed by atoms with Crippen LogP contribution in [0.1, 0.15) is 25.5 Å². The van der Waals surface area contributed by atoms with E-state index >= 15 is 0 Å². The van der Waals surface area contributed by atoms with E-state index < -0.39 is 0 Å². The molecule has 2 rings (SSSR count). The number of benzene rings is 1. The summed E-state index contributed by atoms with van der Waals surface area (Å²) in [5.74, 6) is 1.97. The van der Waals surface area contributed by atoms with Crippen molar-refractivity contribution in [2.24, 2.45) is 0 Å². The summed E-state index contributed by atoms with van der Waals surface area (Å²) < 4.78 is 10.6. The summed E-state index contributed by atoms with van der Waals surface area (Å²) >= 11 is 0. The highest BCUT2D eigenvalue weighted by Crippen LogP contribution is 2.36. The number of hydrogen-bond acceptors (Lipinski definition) is 5. The smallest absolute Gasteiger partial charge is 0.161 e. The molecule has 0 aliphatic carbocycles. The molecule has 0 aliphatic rings. The first-order valence-corrected chi connectivity index (χ1v) is 5.76. The lowest BCUT2D eigenvalue weighted by molar-refractivity contribution is 0.356. The number of ether oxygens (including phenoxy) is 2. The van der Waals surface area contributed by atoms with Crippen molar-refractivity contribution in [1.29, 1.82) is 0 Å². The molecule has 0 amide bonds. The van der Waals surface area contributed by atoms with E-state index in [2.05, 4.69) is 24.0 Å². The molecule has 0 atom stereocenters. The van der Waals surface area contributed by atoms with Gasteiger partial charge < -0.3 is 15.2 Å². The highest BCUT2D eigenvalue weighted by atomic mass is 16.5. The number of nitrogens with two attached hydrogens (primary N) is 1. The second kappa shape index (κ2) is 4.68. The van der Waals surface area contributed by atoms with Gasteiger partial charge in [-0.25, -0.2) is 0 Å². The van der Waals surface area contributed by atoms with Gasteiger partial charge in [-0.05, 0) is 18.1 Å². The number of nitrogens with zero attached hydrogens (tertiary/aromatic N) is 2. The summed E-state index contributed by atoms with van der Waals surface area (Å²) in [7, 11) is 3.20. The molecular weight excluding hydrogens is 230 g/mol. The molecule has 0 bridgehead atoms. The molecule has 18 heavy (non-hydrogen) atoms. The average Bonchev–Trinajstić information content (AvgIpc) is 2.37. The molecular formula is C13H17N3O2. The van der Waals surface area contributed by atoms with Crippen molar-refractivity contribution in [2.45, 2.75) is 19.8 Å². The summed E-state index contributed by atoms with van der Waals surface area (Å²) in [6, 6.07) is 3.73. The Morgan fingerprint density at radius 3 is 2.06 bits per heavy atom. The molecule has 5 nitrogen and oxygen atoms in total. The van der Waals surface area contributed by atoms with E-state index in [1.165, 1.54) is 0 Å². The van der Waals surface area contributed by atoms with E-state index in [0.717, 1.165) is 16.5 Å². The predicted molar refractivity (Wildman–Crippen MR) is 71.1 cm³/mol. The number of rotatable bonds is 3. The van der Waals surface area contributed by atoms with Crippen LogP contribution in [0.15, 0.2) is 12.1 Å². The van der Waals surface area contributed by atoms with Crippen molar-refractivity contribution in [1.82, 2.24) is 10.2 Å². The van der Waals surface area contributed by atoms with Crippen molar-refractivity contribution in [3.8, 4) is 11.5 Å². The summed E-state index contributed by atoms with van der Waals surface area (Å²) in [6.07, 6.45) is 0. The van der Waals surface area contributed by atoms with Crippen LogP contribution >= 0.6 is 0 Å². The van der Waals surface area contributed by atoms with Crippen molar-refractivity contribution in [3.05, 3.63) is 17.8 Å². The minimum Gasteiger partial charge on any atom is -0.493 e. The topological polar surface area (TPSA) is 70.3 Å². The Hall–Kier alpha value is -2.04. The normalized spacial score (nSPS) is 10.9.